The van der Waals surface area contributed by atoms with Crippen LogP contribution in [0.3, 0.4) is 0 Å². The quantitative estimate of drug-likeness (QED) is 0.347. The molecule has 0 saturated carbocycles. The molecule has 0 N–H and O–H groups in total. The lowest BCUT2D eigenvalue weighted by molar-refractivity contribution is -0.140. The molecule has 0 atom stereocenters. The van der Waals surface area contributed by atoms with Gasteiger partial charge in [-0.3, -0.25) is 0 Å². The van der Waals surface area contributed by atoms with Crippen LogP contribution in [0.5, 0.6) is 5.75 Å². The van der Waals surface area contributed by atoms with Gasteiger partial charge in [-0.25, -0.2) is 14.4 Å². The molecule has 0 heterocycles. The highest BCUT2D eigenvalue weighted by atomic mass is 16.6. The first-order chi connectivity index (χ1) is 10.0. The third-order valence-electron chi connectivity index (χ3n) is 2.35. The summed E-state index contributed by atoms with van der Waals surface area (Å²) in [4.78, 5) is 34.4. The number of methoxy groups -OCH3 is 3. The smallest absolute Gasteiger partial charge is 0.374 e. The fraction of sp³-hybridized carbons (Fsp3) is 0.214. The standard InChI is InChI=1S/C14H14O7/c1-18-12(15)8-11(14(17)20-3)21-10-7-5-4-6-9(10)13(16)19-2/h4-8H,1-3H3/b11-8-. The molecule has 0 aliphatic heterocycles. The van der Waals surface area contributed by atoms with Gasteiger partial charge < -0.3 is 18.9 Å². The summed E-state index contributed by atoms with van der Waals surface area (Å²) < 4.78 is 18.8. The maximum absolute atomic E-state index is 11.6. The molecule has 112 valence electrons. The number of carbonyl (C=O) groups excluding carboxylic acids is 3. The summed E-state index contributed by atoms with van der Waals surface area (Å²) in [6, 6.07) is 6.09. The van der Waals surface area contributed by atoms with Gasteiger partial charge in [0.1, 0.15) is 11.3 Å². The number of rotatable bonds is 5. The number of benzene rings is 1. The maximum Gasteiger partial charge on any atom is 0.374 e. The predicted molar refractivity (Wildman–Crippen MR) is 70.5 cm³/mol. The Labute approximate surface area is 121 Å². The third-order valence-corrected chi connectivity index (χ3v) is 2.35. The van der Waals surface area contributed by atoms with Crippen molar-refractivity contribution in [2.75, 3.05) is 21.3 Å². The van der Waals surface area contributed by atoms with Gasteiger partial charge in [-0.15, -0.1) is 0 Å². The molecule has 0 fully saturated rings. The number of para-hydroxylation sites is 1. The monoisotopic (exact) mass is 294 g/mol. The summed E-state index contributed by atoms with van der Waals surface area (Å²) in [7, 11) is 3.49. The third kappa shape index (κ3) is 4.34. The van der Waals surface area contributed by atoms with Crippen LogP contribution >= 0.6 is 0 Å². The maximum atomic E-state index is 11.6. The van der Waals surface area contributed by atoms with Gasteiger partial charge in [0.2, 0.25) is 5.76 Å². The Morgan fingerprint density at radius 3 is 2.19 bits per heavy atom. The van der Waals surface area contributed by atoms with Crippen LogP contribution in [0, 0.1) is 0 Å². The first kappa shape index (κ1) is 16.2. The minimum atomic E-state index is -0.889. The van der Waals surface area contributed by atoms with Gasteiger partial charge >= 0.3 is 17.9 Å². The Morgan fingerprint density at radius 1 is 0.952 bits per heavy atom. The van der Waals surface area contributed by atoms with Crippen molar-refractivity contribution in [2.24, 2.45) is 0 Å². The Kier molecular flexibility index (Phi) is 5.94. The Hall–Kier alpha value is -2.83. The van der Waals surface area contributed by atoms with E-state index in [4.69, 9.17) is 4.74 Å². The van der Waals surface area contributed by atoms with Crippen LogP contribution < -0.4 is 4.74 Å². The highest BCUT2D eigenvalue weighted by molar-refractivity contribution is 5.96. The average molecular weight is 294 g/mol. The Bertz CT molecular complexity index is 574. The zero-order chi connectivity index (χ0) is 15.8. The van der Waals surface area contributed by atoms with Crippen molar-refractivity contribution in [3.05, 3.63) is 41.7 Å². The van der Waals surface area contributed by atoms with Crippen LogP contribution in [-0.4, -0.2) is 39.2 Å². The van der Waals surface area contributed by atoms with Crippen LogP contribution in [0.4, 0.5) is 0 Å². The van der Waals surface area contributed by atoms with Gasteiger partial charge in [-0.1, -0.05) is 12.1 Å². The molecule has 1 rings (SSSR count). The van der Waals surface area contributed by atoms with Crippen LogP contribution in [-0.2, 0) is 23.8 Å². The summed E-state index contributed by atoms with van der Waals surface area (Å²) in [5.41, 5.74) is 0.0969. The Balaban J connectivity index is 3.16. The predicted octanol–water partition coefficient (Wildman–Crippen LogP) is 1.08. The van der Waals surface area contributed by atoms with E-state index in [1.165, 1.54) is 19.2 Å². The van der Waals surface area contributed by atoms with E-state index in [1.807, 2.05) is 0 Å². The molecule has 0 aromatic heterocycles. The van der Waals surface area contributed by atoms with Gasteiger partial charge in [-0.05, 0) is 12.1 Å². The van der Waals surface area contributed by atoms with Gasteiger partial charge in [0.15, 0.2) is 0 Å². The van der Waals surface area contributed by atoms with Gasteiger partial charge in [0, 0.05) is 0 Å². The molecule has 1 aromatic carbocycles. The van der Waals surface area contributed by atoms with E-state index in [9.17, 15) is 14.4 Å². The van der Waals surface area contributed by atoms with E-state index in [2.05, 4.69) is 14.2 Å². The van der Waals surface area contributed by atoms with E-state index < -0.39 is 23.7 Å². The minimum Gasteiger partial charge on any atom is -0.466 e. The van der Waals surface area contributed by atoms with Crippen LogP contribution in [0.1, 0.15) is 10.4 Å². The summed E-state index contributed by atoms with van der Waals surface area (Å²) >= 11 is 0. The Morgan fingerprint density at radius 2 is 1.62 bits per heavy atom. The van der Waals surface area contributed by atoms with Crippen molar-refractivity contribution in [1.29, 1.82) is 0 Å². The van der Waals surface area contributed by atoms with E-state index in [1.54, 1.807) is 12.1 Å². The van der Waals surface area contributed by atoms with Crippen LogP contribution in [0.15, 0.2) is 36.1 Å². The molecule has 0 bridgehead atoms. The lowest BCUT2D eigenvalue weighted by Crippen LogP contribution is -2.15. The number of hydrogen-bond acceptors (Lipinski definition) is 7. The molecule has 1 aromatic rings. The molecule has 0 spiro atoms. The topological polar surface area (TPSA) is 88.1 Å². The largest absolute Gasteiger partial charge is 0.466 e. The number of esters is 3. The van der Waals surface area contributed by atoms with Crippen molar-refractivity contribution in [3.8, 4) is 5.75 Å². The SMILES string of the molecule is COC(=O)/C=C(\Oc1ccccc1C(=O)OC)C(=O)OC. The zero-order valence-electron chi connectivity index (χ0n) is 11.7. The molecule has 0 aliphatic rings. The lowest BCUT2D eigenvalue weighted by atomic mass is 10.2. The van der Waals surface area contributed by atoms with Crippen LogP contribution in [0.25, 0.3) is 0 Å². The van der Waals surface area contributed by atoms with Gasteiger partial charge in [-0.2, -0.15) is 0 Å². The second-order valence-corrected chi connectivity index (χ2v) is 3.61. The molecule has 0 amide bonds. The second-order valence-electron chi connectivity index (χ2n) is 3.61. The van der Waals surface area contributed by atoms with Gasteiger partial charge in [0.05, 0.1) is 27.4 Å². The number of hydrogen-bond donors (Lipinski definition) is 0. The van der Waals surface area contributed by atoms with E-state index in [0.717, 1.165) is 20.3 Å². The van der Waals surface area contributed by atoms with Crippen molar-refractivity contribution in [3.63, 3.8) is 0 Å². The van der Waals surface area contributed by atoms with Crippen molar-refractivity contribution < 1.29 is 33.3 Å². The van der Waals surface area contributed by atoms with Gasteiger partial charge in [0.25, 0.3) is 0 Å². The summed E-state index contributed by atoms with van der Waals surface area (Å²) in [5.74, 6) is -2.70. The highest BCUT2D eigenvalue weighted by Gasteiger charge is 2.19. The molecule has 0 saturated heterocycles. The zero-order valence-corrected chi connectivity index (χ0v) is 11.7. The molecule has 0 aliphatic carbocycles. The molecule has 7 heteroatoms. The molecule has 0 radical (unpaired) electrons. The van der Waals surface area contributed by atoms with E-state index in [0.29, 0.717) is 0 Å². The van der Waals surface area contributed by atoms with Crippen molar-refractivity contribution in [1.82, 2.24) is 0 Å². The van der Waals surface area contributed by atoms with Crippen LogP contribution in [0.2, 0.25) is 0 Å². The number of carbonyl (C=O) groups is 3. The highest BCUT2D eigenvalue weighted by Crippen LogP contribution is 2.21. The van der Waals surface area contributed by atoms with Crippen molar-refractivity contribution in [2.45, 2.75) is 0 Å². The normalized spacial score (nSPS) is 10.5. The minimum absolute atomic E-state index is 0.0462. The summed E-state index contributed by atoms with van der Waals surface area (Å²) in [6.07, 6.45) is 0.819. The van der Waals surface area contributed by atoms with Crippen molar-refractivity contribution >= 4 is 17.9 Å². The lowest BCUT2D eigenvalue weighted by Gasteiger charge is -2.11. The van der Waals surface area contributed by atoms with E-state index >= 15 is 0 Å². The summed E-state index contributed by atoms with van der Waals surface area (Å²) in [5, 5.41) is 0. The molecule has 0 unspecified atom stereocenters. The van der Waals surface area contributed by atoms with E-state index in [-0.39, 0.29) is 11.3 Å². The molecular weight excluding hydrogens is 280 g/mol. The fourth-order valence-electron chi connectivity index (χ4n) is 1.35. The second kappa shape index (κ2) is 7.68. The first-order valence-corrected chi connectivity index (χ1v) is 5.76. The first-order valence-electron chi connectivity index (χ1n) is 5.76. The average Bonchev–Trinajstić information content (AvgIpc) is 2.52. The fourth-order valence-corrected chi connectivity index (χ4v) is 1.35. The summed E-state index contributed by atoms with van der Waals surface area (Å²) in [6.45, 7) is 0. The molecule has 21 heavy (non-hydrogen) atoms. The molecular formula is C14H14O7. The number of ether oxygens (including phenoxy) is 4. The molecule has 7 nitrogen and oxygen atoms in total.